The largest absolute Gasteiger partial charge is 0.466 e. The number of carbonyl (C=O) groups excluding carboxylic acids is 1. The fourth-order valence-corrected chi connectivity index (χ4v) is 2.07. The van der Waals surface area contributed by atoms with E-state index in [9.17, 15) is 4.79 Å². The molecule has 100 valence electrons. The van der Waals surface area contributed by atoms with Crippen LogP contribution in [0, 0.1) is 20.8 Å². The van der Waals surface area contributed by atoms with Crippen molar-refractivity contribution in [2.75, 3.05) is 6.54 Å². The maximum Gasteiger partial charge on any atom is 0.255 e. The van der Waals surface area contributed by atoms with E-state index in [4.69, 9.17) is 4.42 Å². The molecule has 0 aromatic carbocycles. The number of hydrogen-bond acceptors (Lipinski definition) is 3. The Morgan fingerprint density at radius 1 is 1.26 bits per heavy atom. The first-order valence-corrected chi connectivity index (χ1v) is 6.34. The molecular formula is C15H18N2O2. The van der Waals surface area contributed by atoms with E-state index in [1.54, 1.807) is 6.20 Å². The highest BCUT2D eigenvalue weighted by molar-refractivity contribution is 5.96. The molecule has 0 aliphatic rings. The molecule has 0 aliphatic heterocycles. The molecule has 0 atom stereocenters. The van der Waals surface area contributed by atoms with Gasteiger partial charge in [0, 0.05) is 30.4 Å². The monoisotopic (exact) mass is 258 g/mol. The van der Waals surface area contributed by atoms with Gasteiger partial charge in [-0.15, -0.1) is 0 Å². The Labute approximate surface area is 112 Å². The maximum atomic E-state index is 12.1. The van der Waals surface area contributed by atoms with Gasteiger partial charge in [-0.25, -0.2) is 0 Å². The zero-order valence-corrected chi connectivity index (χ0v) is 11.5. The lowest BCUT2D eigenvalue weighted by Crippen LogP contribution is -2.26. The van der Waals surface area contributed by atoms with Gasteiger partial charge in [0.15, 0.2) is 0 Å². The molecule has 2 rings (SSSR count). The first-order valence-electron chi connectivity index (χ1n) is 6.34. The summed E-state index contributed by atoms with van der Waals surface area (Å²) in [5.74, 6) is 1.39. The van der Waals surface area contributed by atoms with E-state index in [0.717, 1.165) is 23.4 Å². The minimum Gasteiger partial charge on any atom is -0.466 e. The number of aryl methyl sites for hydroxylation is 2. The summed E-state index contributed by atoms with van der Waals surface area (Å²) in [6.45, 7) is 6.15. The predicted molar refractivity (Wildman–Crippen MR) is 73.2 cm³/mol. The average molecular weight is 258 g/mol. The first kappa shape index (κ1) is 13.3. The van der Waals surface area contributed by atoms with Gasteiger partial charge in [0.1, 0.15) is 11.5 Å². The maximum absolute atomic E-state index is 12.1. The van der Waals surface area contributed by atoms with E-state index in [1.165, 1.54) is 0 Å². The zero-order chi connectivity index (χ0) is 13.8. The normalized spacial score (nSPS) is 10.5. The molecule has 2 aromatic heterocycles. The Kier molecular flexibility index (Phi) is 4.00. The summed E-state index contributed by atoms with van der Waals surface area (Å²) in [4.78, 5) is 16.3. The summed E-state index contributed by atoms with van der Waals surface area (Å²) in [7, 11) is 0. The highest BCUT2D eigenvalue weighted by atomic mass is 16.3. The number of nitrogens with one attached hydrogen (secondary N) is 1. The van der Waals surface area contributed by atoms with Crippen molar-refractivity contribution in [2.24, 2.45) is 0 Å². The van der Waals surface area contributed by atoms with Gasteiger partial charge in [-0.05, 0) is 32.9 Å². The summed E-state index contributed by atoms with van der Waals surface area (Å²) < 4.78 is 5.46. The molecule has 0 saturated heterocycles. The second-order valence-electron chi connectivity index (χ2n) is 4.54. The van der Waals surface area contributed by atoms with E-state index < -0.39 is 0 Å². The van der Waals surface area contributed by atoms with Crippen molar-refractivity contribution in [2.45, 2.75) is 27.2 Å². The van der Waals surface area contributed by atoms with Crippen molar-refractivity contribution in [1.29, 1.82) is 0 Å². The molecule has 19 heavy (non-hydrogen) atoms. The standard InChI is InChI=1S/C15H18N2O2/c1-10-11(2)19-12(3)14(10)15(18)17-9-7-13-6-4-5-8-16-13/h4-6,8H,7,9H2,1-3H3,(H,17,18). The molecule has 0 aliphatic carbocycles. The van der Waals surface area contributed by atoms with Crippen LogP contribution in [0.15, 0.2) is 28.8 Å². The van der Waals surface area contributed by atoms with Gasteiger partial charge < -0.3 is 9.73 Å². The van der Waals surface area contributed by atoms with Gasteiger partial charge >= 0.3 is 0 Å². The molecule has 4 nitrogen and oxygen atoms in total. The van der Waals surface area contributed by atoms with Crippen LogP contribution in [0.1, 0.15) is 33.1 Å². The van der Waals surface area contributed by atoms with Gasteiger partial charge in [0.2, 0.25) is 0 Å². The van der Waals surface area contributed by atoms with Crippen LogP contribution in [0.5, 0.6) is 0 Å². The number of amides is 1. The third kappa shape index (κ3) is 3.02. The van der Waals surface area contributed by atoms with E-state index in [-0.39, 0.29) is 5.91 Å². The van der Waals surface area contributed by atoms with Gasteiger partial charge in [-0.3, -0.25) is 9.78 Å². The third-order valence-electron chi connectivity index (χ3n) is 3.18. The average Bonchev–Trinajstić information content (AvgIpc) is 2.64. The Bertz CT molecular complexity index is 573. The molecule has 2 aromatic rings. The lowest BCUT2D eigenvalue weighted by Gasteiger charge is -2.05. The van der Waals surface area contributed by atoms with E-state index in [2.05, 4.69) is 10.3 Å². The molecule has 2 heterocycles. The second kappa shape index (κ2) is 5.69. The zero-order valence-electron chi connectivity index (χ0n) is 11.5. The first-order chi connectivity index (χ1) is 9.09. The van der Waals surface area contributed by atoms with Crippen LogP contribution >= 0.6 is 0 Å². The molecule has 0 spiro atoms. The summed E-state index contributed by atoms with van der Waals surface area (Å²) in [6, 6.07) is 5.77. The van der Waals surface area contributed by atoms with Crippen LogP contribution < -0.4 is 5.32 Å². The molecule has 1 N–H and O–H groups in total. The molecule has 4 heteroatoms. The molecular weight excluding hydrogens is 240 g/mol. The van der Waals surface area contributed by atoms with Crippen LogP contribution in [0.4, 0.5) is 0 Å². The Morgan fingerprint density at radius 3 is 2.63 bits per heavy atom. The Hall–Kier alpha value is -2.10. The van der Waals surface area contributed by atoms with Crippen molar-refractivity contribution in [3.05, 3.63) is 52.7 Å². The summed E-state index contributed by atoms with van der Waals surface area (Å²) in [5, 5.41) is 2.90. The number of hydrogen-bond donors (Lipinski definition) is 1. The van der Waals surface area contributed by atoms with Gasteiger partial charge in [-0.1, -0.05) is 6.07 Å². The highest BCUT2D eigenvalue weighted by Crippen LogP contribution is 2.20. The van der Waals surface area contributed by atoms with Gasteiger partial charge in [0.05, 0.1) is 5.56 Å². The summed E-state index contributed by atoms with van der Waals surface area (Å²) >= 11 is 0. The number of rotatable bonds is 4. The van der Waals surface area contributed by atoms with Crippen LogP contribution in [0.25, 0.3) is 0 Å². The quantitative estimate of drug-likeness (QED) is 0.917. The predicted octanol–water partition coefficient (Wildman–Crippen LogP) is 2.57. The summed E-state index contributed by atoms with van der Waals surface area (Å²) in [5.41, 5.74) is 2.53. The fourth-order valence-electron chi connectivity index (χ4n) is 2.07. The SMILES string of the molecule is Cc1oc(C)c(C(=O)NCCc2ccccn2)c1C. The van der Waals surface area contributed by atoms with Crippen molar-refractivity contribution in [3.63, 3.8) is 0 Å². The molecule has 0 radical (unpaired) electrons. The van der Waals surface area contributed by atoms with Crippen molar-refractivity contribution in [3.8, 4) is 0 Å². The van der Waals surface area contributed by atoms with Crippen LogP contribution in [0.3, 0.4) is 0 Å². The van der Waals surface area contributed by atoms with Crippen LogP contribution in [-0.4, -0.2) is 17.4 Å². The van der Waals surface area contributed by atoms with E-state index in [0.29, 0.717) is 17.9 Å². The van der Waals surface area contributed by atoms with Gasteiger partial charge in [0.25, 0.3) is 5.91 Å². The summed E-state index contributed by atoms with van der Waals surface area (Å²) in [6.07, 6.45) is 2.48. The smallest absolute Gasteiger partial charge is 0.255 e. The third-order valence-corrected chi connectivity index (χ3v) is 3.18. The van der Waals surface area contributed by atoms with Crippen LogP contribution in [0.2, 0.25) is 0 Å². The molecule has 0 unspecified atom stereocenters. The van der Waals surface area contributed by atoms with Crippen molar-refractivity contribution < 1.29 is 9.21 Å². The lowest BCUT2D eigenvalue weighted by molar-refractivity contribution is 0.0952. The second-order valence-corrected chi connectivity index (χ2v) is 4.54. The van der Waals surface area contributed by atoms with Crippen molar-refractivity contribution >= 4 is 5.91 Å². The molecule has 0 saturated carbocycles. The highest BCUT2D eigenvalue weighted by Gasteiger charge is 2.17. The Balaban J connectivity index is 1.95. The number of pyridine rings is 1. The van der Waals surface area contributed by atoms with Crippen molar-refractivity contribution in [1.82, 2.24) is 10.3 Å². The number of nitrogens with zero attached hydrogens (tertiary/aromatic N) is 1. The number of aromatic nitrogens is 1. The molecule has 0 bridgehead atoms. The topological polar surface area (TPSA) is 55.1 Å². The van der Waals surface area contributed by atoms with Crippen LogP contribution in [-0.2, 0) is 6.42 Å². The van der Waals surface area contributed by atoms with Gasteiger partial charge in [-0.2, -0.15) is 0 Å². The molecule has 1 amide bonds. The Morgan fingerprint density at radius 2 is 2.05 bits per heavy atom. The number of carbonyl (C=O) groups is 1. The minimum atomic E-state index is -0.0808. The van der Waals surface area contributed by atoms with E-state index in [1.807, 2.05) is 39.0 Å². The fraction of sp³-hybridized carbons (Fsp3) is 0.333. The van der Waals surface area contributed by atoms with E-state index >= 15 is 0 Å². The lowest BCUT2D eigenvalue weighted by atomic mass is 10.1. The molecule has 0 fully saturated rings. The number of furan rings is 1. The minimum absolute atomic E-state index is 0.0808.